The first-order valence-corrected chi connectivity index (χ1v) is 4.41. The summed E-state index contributed by atoms with van der Waals surface area (Å²) >= 11 is 0. The zero-order chi connectivity index (χ0) is 12.3. The van der Waals surface area contributed by atoms with Crippen molar-refractivity contribution in [2.75, 3.05) is 18.5 Å². The molecule has 0 saturated carbocycles. The molecule has 0 fully saturated rings. The lowest BCUT2D eigenvalue weighted by atomic mass is 10.2. The molecule has 0 aliphatic rings. The molecule has 6 heteroatoms. The highest BCUT2D eigenvalue weighted by Crippen LogP contribution is 2.31. The van der Waals surface area contributed by atoms with Crippen LogP contribution in [-0.4, -0.2) is 24.7 Å². The van der Waals surface area contributed by atoms with Crippen molar-refractivity contribution in [3.05, 3.63) is 29.8 Å². The Balaban J connectivity index is 2.94. The third-order valence-corrected chi connectivity index (χ3v) is 1.99. The first-order valence-electron chi connectivity index (χ1n) is 4.41. The van der Waals surface area contributed by atoms with Gasteiger partial charge in [0.2, 0.25) is 0 Å². The standard InChI is InChI=1S/C10H10F3NO2/c1-14(6-9(15)16)8-4-2-3-7(5-8)10(11,12)13/h2-5H,6H2,1H3,(H,15,16). The van der Waals surface area contributed by atoms with Gasteiger partial charge in [-0.05, 0) is 18.2 Å². The number of aliphatic carboxylic acids is 1. The zero-order valence-electron chi connectivity index (χ0n) is 8.45. The van der Waals surface area contributed by atoms with Crippen molar-refractivity contribution in [2.45, 2.75) is 6.18 Å². The van der Waals surface area contributed by atoms with Crippen molar-refractivity contribution >= 4 is 11.7 Å². The molecule has 0 aliphatic heterocycles. The van der Waals surface area contributed by atoms with Crippen LogP contribution < -0.4 is 4.90 Å². The number of anilines is 1. The third kappa shape index (κ3) is 3.15. The van der Waals surface area contributed by atoms with Gasteiger partial charge in [-0.3, -0.25) is 4.79 Å². The van der Waals surface area contributed by atoms with Gasteiger partial charge in [-0.25, -0.2) is 0 Å². The number of benzene rings is 1. The maximum absolute atomic E-state index is 12.4. The minimum absolute atomic E-state index is 0.220. The van der Waals surface area contributed by atoms with Crippen LogP contribution in [0.25, 0.3) is 0 Å². The van der Waals surface area contributed by atoms with Gasteiger partial charge in [0.25, 0.3) is 0 Å². The Morgan fingerprint density at radius 1 is 1.44 bits per heavy atom. The predicted molar refractivity (Wildman–Crippen MR) is 52.3 cm³/mol. The van der Waals surface area contributed by atoms with Crippen LogP contribution in [0, 0.1) is 0 Å². The van der Waals surface area contributed by atoms with Crippen molar-refractivity contribution in [1.29, 1.82) is 0 Å². The number of carboxylic acid groups (broad SMARTS) is 1. The quantitative estimate of drug-likeness (QED) is 0.870. The number of carbonyl (C=O) groups is 1. The molecule has 88 valence electrons. The highest BCUT2D eigenvalue weighted by molar-refractivity contribution is 5.73. The maximum atomic E-state index is 12.4. The maximum Gasteiger partial charge on any atom is 0.416 e. The molecule has 0 radical (unpaired) electrons. The third-order valence-electron chi connectivity index (χ3n) is 1.99. The largest absolute Gasteiger partial charge is 0.480 e. The minimum Gasteiger partial charge on any atom is -0.480 e. The number of hydrogen-bond donors (Lipinski definition) is 1. The van der Waals surface area contributed by atoms with Gasteiger partial charge in [-0.1, -0.05) is 6.07 Å². The summed E-state index contributed by atoms with van der Waals surface area (Å²) in [5, 5.41) is 8.51. The van der Waals surface area contributed by atoms with Crippen molar-refractivity contribution in [1.82, 2.24) is 0 Å². The van der Waals surface area contributed by atoms with Gasteiger partial charge in [0.1, 0.15) is 6.54 Å². The van der Waals surface area contributed by atoms with E-state index < -0.39 is 17.7 Å². The summed E-state index contributed by atoms with van der Waals surface area (Å²) in [6, 6.07) is 4.54. The van der Waals surface area contributed by atoms with Crippen molar-refractivity contribution in [3.63, 3.8) is 0 Å². The Labute approximate surface area is 90.1 Å². The summed E-state index contributed by atoms with van der Waals surface area (Å²) in [6.45, 7) is -0.346. The summed E-state index contributed by atoms with van der Waals surface area (Å²) in [5.74, 6) is -1.10. The average molecular weight is 233 g/mol. The number of hydrogen-bond acceptors (Lipinski definition) is 2. The summed E-state index contributed by atoms with van der Waals surface area (Å²) in [6.07, 6.45) is -4.42. The number of rotatable bonds is 3. The smallest absolute Gasteiger partial charge is 0.416 e. The monoisotopic (exact) mass is 233 g/mol. The van der Waals surface area contributed by atoms with E-state index in [9.17, 15) is 18.0 Å². The van der Waals surface area contributed by atoms with Crippen LogP contribution in [0.3, 0.4) is 0 Å². The molecule has 0 unspecified atom stereocenters. The van der Waals surface area contributed by atoms with Gasteiger partial charge in [0, 0.05) is 12.7 Å². The molecular formula is C10H10F3NO2. The Bertz CT molecular complexity index is 390. The van der Waals surface area contributed by atoms with Crippen LogP contribution in [-0.2, 0) is 11.0 Å². The molecule has 16 heavy (non-hydrogen) atoms. The molecule has 1 rings (SSSR count). The molecule has 0 atom stereocenters. The molecule has 1 N–H and O–H groups in total. The molecule has 0 spiro atoms. The fourth-order valence-electron chi connectivity index (χ4n) is 1.21. The van der Waals surface area contributed by atoms with Crippen LogP contribution in [0.4, 0.5) is 18.9 Å². The number of halogens is 3. The molecule has 1 aromatic rings. The number of carboxylic acids is 1. The lowest BCUT2D eigenvalue weighted by molar-refractivity contribution is -0.137. The van der Waals surface area contributed by atoms with E-state index in [1.165, 1.54) is 24.1 Å². The SMILES string of the molecule is CN(CC(=O)O)c1cccc(C(F)(F)F)c1. The topological polar surface area (TPSA) is 40.5 Å². The second-order valence-corrected chi connectivity index (χ2v) is 3.30. The predicted octanol–water partition coefficient (Wildman–Crippen LogP) is 2.23. The Kier molecular flexibility index (Phi) is 3.41. The van der Waals surface area contributed by atoms with E-state index in [1.54, 1.807) is 0 Å². The van der Waals surface area contributed by atoms with E-state index >= 15 is 0 Å². The molecule has 0 saturated heterocycles. The normalized spacial score (nSPS) is 11.2. The highest BCUT2D eigenvalue weighted by Gasteiger charge is 2.30. The second-order valence-electron chi connectivity index (χ2n) is 3.30. The first-order chi connectivity index (χ1) is 7.30. The van der Waals surface area contributed by atoms with E-state index in [1.807, 2.05) is 0 Å². The first kappa shape index (κ1) is 12.4. The van der Waals surface area contributed by atoms with Crippen LogP contribution in [0.2, 0.25) is 0 Å². The van der Waals surface area contributed by atoms with Gasteiger partial charge in [0.15, 0.2) is 0 Å². The van der Waals surface area contributed by atoms with Crippen molar-refractivity contribution in [3.8, 4) is 0 Å². The summed E-state index contributed by atoms with van der Waals surface area (Å²) < 4.78 is 37.1. The molecule has 0 amide bonds. The Morgan fingerprint density at radius 2 is 2.06 bits per heavy atom. The lowest BCUT2D eigenvalue weighted by Crippen LogP contribution is -2.25. The van der Waals surface area contributed by atoms with E-state index in [2.05, 4.69) is 0 Å². The molecule has 0 aromatic heterocycles. The van der Waals surface area contributed by atoms with Gasteiger partial charge in [-0.2, -0.15) is 13.2 Å². The van der Waals surface area contributed by atoms with E-state index in [4.69, 9.17) is 5.11 Å². The fourth-order valence-corrected chi connectivity index (χ4v) is 1.21. The van der Waals surface area contributed by atoms with Gasteiger partial charge in [0.05, 0.1) is 5.56 Å². The molecular weight excluding hydrogens is 223 g/mol. The summed E-state index contributed by atoms with van der Waals surface area (Å²) in [4.78, 5) is 11.6. The van der Waals surface area contributed by atoms with E-state index in [0.29, 0.717) is 0 Å². The Hall–Kier alpha value is -1.72. The van der Waals surface area contributed by atoms with Gasteiger partial charge >= 0.3 is 12.1 Å². The number of likely N-dealkylation sites (N-methyl/N-ethyl adjacent to an activating group) is 1. The molecule has 0 aliphatic carbocycles. The van der Waals surface area contributed by atoms with Crippen molar-refractivity contribution < 1.29 is 23.1 Å². The number of nitrogens with zero attached hydrogens (tertiary/aromatic N) is 1. The summed E-state index contributed by atoms with van der Waals surface area (Å²) in [7, 11) is 1.42. The van der Waals surface area contributed by atoms with Crippen LogP contribution in [0.5, 0.6) is 0 Å². The van der Waals surface area contributed by atoms with Gasteiger partial charge < -0.3 is 10.0 Å². The van der Waals surface area contributed by atoms with Crippen LogP contribution >= 0.6 is 0 Å². The van der Waals surface area contributed by atoms with Crippen molar-refractivity contribution in [2.24, 2.45) is 0 Å². The minimum atomic E-state index is -4.42. The Morgan fingerprint density at radius 3 is 2.56 bits per heavy atom. The van der Waals surface area contributed by atoms with Gasteiger partial charge in [-0.15, -0.1) is 0 Å². The zero-order valence-corrected chi connectivity index (χ0v) is 8.45. The highest BCUT2D eigenvalue weighted by atomic mass is 19.4. The molecule has 0 bridgehead atoms. The van der Waals surface area contributed by atoms with E-state index in [0.717, 1.165) is 12.1 Å². The number of alkyl halides is 3. The molecule has 1 aromatic carbocycles. The average Bonchev–Trinajstić information content (AvgIpc) is 2.15. The van der Waals surface area contributed by atoms with E-state index in [-0.39, 0.29) is 12.2 Å². The van der Waals surface area contributed by atoms with Crippen LogP contribution in [0.1, 0.15) is 5.56 Å². The van der Waals surface area contributed by atoms with Crippen LogP contribution in [0.15, 0.2) is 24.3 Å². The second kappa shape index (κ2) is 4.42. The molecule has 0 heterocycles. The summed E-state index contributed by atoms with van der Waals surface area (Å²) in [5.41, 5.74) is -0.570. The fraction of sp³-hybridized carbons (Fsp3) is 0.300. The lowest BCUT2D eigenvalue weighted by Gasteiger charge is -2.18. The molecule has 3 nitrogen and oxygen atoms in total.